The molecule has 0 saturated heterocycles. The van der Waals surface area contributed by atoms with Crippen LogP contribution < -0.4 is 15.4 Å². The molecule has 0 radical (unpaired) electrons. The van der Waals surface area contributed by atoms with Gasteiger partial charge in [-0.1, -0.05) is 25.5 Å². The Hall–Kier alpha value is -2.30. The minimum atomic E-state index is -0.191. The van der Waals surface area contributed by atoms with Crippen molar-refractivity contribution >= 4 is 23.2 Å². The molecule has 0 spiro atoms. The van der Waals surface area contributed by atoms with Crippen LogP contribution in [0.1, 0.15) is 34.6 Å². The number of methoxy groups -OCH3 is 1. The number of ether oxygens (including phenoxy) is 1. The predicted octanol–water partition coefficient (Wildman–Crippen LogP) is 3.83. The van der Waals surface area contributed by atoms with Gasteiger partial charge >= 0.3 is 0 Å². The SMILES string of the molecule is COc1ccc(NC(=O)C2C(C=C(C)C)C2(C)C)cc1NC(C)=O. The normalized spacial score (nSPS) is 20.8. The molecule has 1 aliphatic rings. The Labute approximate surface area is 143 Å². The van der Waals surface area contributed by atoms with Crippen molar-refractivity contribution in [2.75, 3.05) is 17.7 Å². The van der Waals surface area contributed by atoms with Gasteiger partial charge in [-0.05, 0) is 43.4 Å². The molecule has 2 rings (SSSR count). The molecule has 0 bridgehead atoms. The van der Waals surface area contributed by atoms with Gasteiger partial charge in [-0.3, -0.25) is 9.59 Å². The van der Waals surface area contributed by atoms with Crippen LogP contribution in [0.3, 0.4) is 0 Å². The van der Waals surface area contributed by atoms with E-state index in [-0.39, 0.29) is 29.1 Å². The first-order valence-corrected chi connectivity index (χ1v) is 8.08. The summed E-state index contributed by atoms with van der Waals surface area (Å²) in [6.07, 6.45) is 2.17. The molecule has 2 amide bonds. The third-order valence-electron chi connectivity index (χ3n) is 4.48. The van der Waals surface area contributed by atoms with Gasteiger partial charge in [-0.15, -0.1) is 0 Å². The van der Waals surface area contributed by atoms with Crippen LogP contribution >= 0.6 is 0 Å². The first kappa shape index (κ1) is 18.0. The van der Waals surface area contributed by atoms with Gasteiger partial charge in [0, 0.05) is 12.6 Å². The topological polar surface area (TPSA) is 67.4 Å². The molecule has 0 aliphatic heterocycles. The van der Waals surface area contributed by atoms with E-state index in [9.17, 15) is 9.59 Å². The fourth-order valence-corrected chi connectivity index (χ4v) is 3.14. The molecule has 2 atom stereocenters. The summed E-state index contributed by atoms with van der Waals surface area (Å²) in [5, 5.41) is 5.66. The van der Waals surface area contributed by atoms with Gasteiger partial charge in [0.1, 0.15) is 5.75 Å². The van der Waals surface area contributed by atoms with E-state index in [1.807, 2.05) is 13.8 Å². The molecule has 5 nitrogen and oxygen atoms in total. The summed E-state index contributed by atoms with van der Waals surface area (Å²) in [5.41, 5.74) is 2.37. The van der Waals surface area contributed by atoms with E-state index in [1.165, 1.54) is 19.6 Å². The lowest BCUT2D eigenvalue weighted by Gasteiger charge is -2.12. The quantitative estimate of drug-likeness (QED) is 0.806. The highest BCUT2D eigenvalue weighted by molar-refractivity contribution is 5.97. The molecule has 1 saturated carbocycles. The summed E-state index contributed by atoms with van der Waals surface area (Å²) in [6, 6.07) is 5.21. The number of anilines is 2. The monoisotopic (exact) mass is 330 g/mol. The Kier molecular flexibility index (Phi) is 5.02. The molecule has 24 heavy (non-hydrogen) atoms. The molecule has 130 valence electrons. The van der Waals surface area contributed by atoms with Crippen molar-refractivity contribution in [3.63, 3.8) is 0 Å². The summed E-state index contributed by atoms with van der Waals surface area (Å²) in [7, 11) is 1.54. The highest BCUT2D eigenvalue weighted by Crippen LogP contribution is 2.59. The lowest BCUT2D eigenvalue weighted by molar-refractivity contribution is -0.118. The van der Waals surface area contributed by atoms with Gasteiger partial charge in [0.15, 0.2) is 0 Å². The van der Waals surface area contributed by atoms with Crippen LogP contribution in [0.4, 0.5) is 11.4 Å². The maximum Gasteiger partial charge on any atom is 0.228 e. The lowest BCUT2D eigenvalue weighted by atomic mass is 10.1. The zero-order valence-corrected chi connectivity index (χ0v) is 15.2. The van der Waals surface area contributed by atoms with Crippen LogP contribution in [0.5, 0.6) is 5.75 Å². The molecule has 1 aliphatic carbocycles. The Morgan fingerprint density at radius 2 is 1.83 bits per heavy atom. The van der Waals surface area contributed by atoms with E-state index >= 15 is 0 Å². The number of nitrogens with one attached hydrogen (secondary N) is 2. The van der Waals surface area contributed by atoms with Crippen molar-refractivity contribution in [3.05, 3.63) is 29.8 Å². The van der Waals surface area contributed by atoms with Gasteiger partial charge in [0.25, 0.3) is 0 Å². The average Bonchev–Trinajstić information content (AvgIpc) is 2.98. The summed E-state index contributed by atoms with van der Waals surface area (Å²) >= 11 is 0. The van der Waals surface area contributed by atoms with Crippen LogP contribution in [-0.2, 0) is 9.59 Å². The third-order valence-corrected chi connectivity index (χ3v) is 4.48. The molecule has 2 N–H and O–H groups in total. The fourth-order valence-electron chi connectivity index (χ4n) is 3.14. The van der Waals surface area contributed by atoms with Crippen LogP contribution in [0.2, 0.25) is 0 Å². The number of amides is 2. The number of carbonyl (C=O) groups excluding carboxylic acids is 2. The Morgan fingerprint density at radius 3 is 2.38 bits per heavy atom. The molecule has 1 aromatic carbocycles. The van der Waals surface area contributed by atoms with E-state index in [1.54, 1.807) is 18.2 Å². The van der Waals surface area contributed by atoms with E-state index in [4.69, 9.17) is 4.74 Å². The zero-order chi connectivity index (χ0) is 18.1. The summed E-state index contributed by atoms with van der Waals surface area (Å²) in [6.45, 7) is 9.75. The van der Waals surface area contributed by atoms with Crippen LogP contribution in [0.25, 0.3) is 0 Å². The number of carbonyl (C=O) groups is 2. The Bertz CT molecular complexity index is 688. The first-order valence-electron chi connectivity index (χ1n) is 8.08. The van der Waals surface area contributed by atoms with Gasteiger partial charge in [0.2, 0.25) is 11.8 Å². The summed E-state index contributed by atoms with van der Waals surface area (Å²) in [4.78, 5) is 23.9. The predicted molar refractivity (Wildman–Crippen MR) is 96.1 cm³/mol. The molecule has 1 fully saturated rings. The van der Waals surface area contributed by atoms with Crippen molar-refractivity contribution < 1.29 is 14.3 Å². The lowest BCUT2D eigenvalue weighted by Crippen LogP contribution is -2.17. The van der Waals surface area contributed by atoms with Crippen molar-refractivity contribution in [1.82, 2.24) is 0 Å². The number of benzene rings is 1. The molecular formula is C19H26N2O3. The minimum Gasteiger partial charge on any atom is -0.495 e. The standard InChI is InChI=1S/C19H26N2O3/c1-11(2)9-14-17(19(14,4)5)18(23)21-13-7-8-16(24-6)15(10-13)20-12(3)22/h7-10,14,17H,1-6H3,(H,20,22)(H,21,23). The second-order valence-corrected chi connectivity index (χ2v) is 7.15. The van der Waals surface area contributed by atoms with E-state index in [0.29, 0.717) is 17.1 Å². The molecule has 5 heteroatoms. The average molecular weight is 330 g/mol. The summed E-state index contributed by atoms with van der Waals surface area (Å²) < 4.78 is 5.22. The second-order valence-electron chi connectivity index (χ2n) is 7.15. The molecule has 1 aromatic rings. The van der Waals surface area contributed by atoms with Crippen LogP contribution in [0.15, 0.2) is 29.8 Å². The molecule has 0 heterocycles. The molecule has 0 aromatic heterocycles. The van der Waals surface area contributed by atoms with E-state index < -0.39 is 0 Å². The van der Waals surface area contributed by atoms with E-state index in [0.717, 1.165) is 0 Å². The van der Waals surface area contributed by atoms with Crippen molar-refractivity contribution in [3.8, 4) is 5.75 Å². The highest BCUT2D eigenvalue weighted by Gasteiger charge is 2.60. The summed E-state index contributed by atoms with van der Waals surface area (Å²) in [5.74, 6) is 0.580. The molecule has 2 unspecified atom stereocenters. The smallest absolute Gasteiger partial charge is 0.228 e. The first-order chi connectivity index (χ1) is 11.2. The van der Waals surface area contributed by atoms with Crippen LogP contribution in [-0.4, -0.2) is 18.9 Å². The zero-order valence-electron chi connectivity index (χ0n) is 15.2. The van der Waals surface area contributed by atoms with E-state index in [2.05, 4.69) is 30.6 Å². The number of hydrogen-bond acceptors (Lipinski definition) is 3. The minimum absolute atomic E-state index is 0.00134. The number of hydrogen-bond donors (Lipinski definition) is 2. The largest absolute Gasteiger partial charge is 0.495 e. The molecular weight excluding hydrogens is 304 g/mol. The van der Waals surface area contributed by atoms with Crippen molar-refractivity contribution in [2.45, 2.75) is 34.6 Å². The Balaban J connectivity index is 2.15. The van der Waals surface area contributed by atoms with Gasteiger partial charge in [-0.2, -0.15) is 0 Å². The third kappa shape index (κ3) is 3.78. The maximum atomic E-state index is 12.6. The van der Waals surface area contributed by atoms with Gasteiger partial charge < -0.3 is 15.4 Å². The fraction of sp³-hybridized carbons (Fsp3) is 0.474. The Morgan fingerprint density at radius 1 is 1.17 bits per heavy atom. The second kappa shape index (κ2) is 6.67. The number of rotatable bonds is 5. The van der Waals surface area contributed by atoms with Crippen LogP contribution in [0, 0.1) is 17.3 Å². The maximum absolute atomic E-state index is 12.6. The van der Waals surface area contributed by atoms with Gasteiger partial charge in [-0.25, -0.2) is 0 Å². The van der Waals surface area contributed by atoms with Gasteiger partial charge in [0.05, 0.1) is 18.7 Å². The highest BCUT2D eigenvalue weighted by atomic mass is 16.5. The van der Waals surface area contributed by atoms with Crippen molar-refractivity contribution in [2.24, 2.45) is 17.3 Å². The van der Waals surface area contributed by atoms with Crippen molar-refractivity contribution in [1.29, 1.82) is 0 Å². The number of allylic oxidation sites excluding steroid dienone is 2.